The van der Waals surface area contributed by atoms with Crippen LogP contribution < -0.4 is 11.2 Å². The molecule has 0 aromatic carbocycles. The van der Waals surface area contributed by atoms with Gasteiger partial charge in [-0.3, -0.25) is 9.93 Å². The second kappa shape index (κ2) is 4.27. The number of nitrogens with one attached hydrogen (secondary N) is 2. The molecule has 0 spiro atoms. The molecule has 0 aliphatic heterocycles. The zero-order valence-electron chi connectivity index (χ0n) is 5.35. The summed E-state index contributed by atoms with van der Waals surface area (Å²) in [4.78, 5) is 8.50. The Morgan fingerprint density at radius 3 is 2.73 bits per heavy atom. The number of hydroxylamine groups is 1. The van der Waals surface area contributed by atoms with Crippen LogP contribution in [-0.2, 0) is 13.7 Å². The minimum absolute atomic E-state index is 0.652. The van der Waals surface area contributed by atoms with Crippen LogP contribution >= 0.6 is 7.82 Å². The van der Waals surface area contributed by atoms with Crippen molar-refractivity contribution in [1.82, 2.24) is 5.48 Å². The molecule has 66 valence electrons. The molecule has 1 atom stereocenters. The lowest BCUT2D eigenvalue weighted by molar-refractivity contribution is 0.0430. The molecule has 0 saturated carbocycles. The summed E-state index contributed by atoms with van der Waals surface area (Å²) in [6.45, 7) is -0.965. The van der Waals surface area contributed by atoms with Gasteiger partial charge in [0, 0.05) is 0 Å². The van der Waals surface area contributed by atoms with Crippen molar-refractivity contribution in [1.29, 1.82) is 5.41 Å². The molecule has 0 saturated heterocycles. The van der Waals surface area contributed by atoms with Crippen LogP contribution in [0.3, 0.4) is 0 Å². The third-order valence-electron chi connectivity index (χ3n) is 0.492. The summed E-state index contributed by atoms with van der Waals surface area (Å²) in [6, 6.07) is 0. The van der Waals surface area contributed by atoms with E-state index in [0.29, 0.717) is 0 Å². The van der Waals surface area contributed by atoms with Crippen LogP contribution in [0.1, 0.15) is 0 Å². The van der Waals surface area contributed by atoms with Gasteiger partial charge in [-0.2, -0.15) is 4.62 Å². The van der Waals surface area contributed by atoms with Crippen LogP contribution in [-0.4, -0.2) is 22.8 Å². The Morgan fingerprint density at radius 1 is 1.82 bits per heavy atom. The molecule has 9 heteroatoms. The quantitative estimate of drug-likeness (QED) is 0.118. The molecule has 0 amide bonds. The van der Waals surface area contributed by atoms with Gasteiger partial charge < -0.3 is 15.7 Å². The first kappa shape index (κ1) is 10.3. The molecule has 0 aromatic rings. The minimum atomic E-state index is -4.33. The Hall–Kier alpha value is -0.660. The Balaban J connectivity index is 3.73. The van der Waals surface area contributed by atoms with Crippen molar-refractivity contribution in [2.24, 2.45) is 5.73 Å². The van der Waals surface area contributed by atoms with Crippen LogP contribution in [0.5, 0.6) is 0 Å². The van der Waals surface area contributed by atoms with Gasteiger partial charge in [0.25, 0.3) is 0 Å². The molecule has 0 aromatic heterocycles. The summed E-state index contributed by atoms with van der Waals surface area (Å²) >= 11 is 0. The highest BCUT2D eigenvalue weighted by molar-refractivity contribution is 7.47. The maximum Gasteiger partial charge on any atom is 0.495 e. The van der Waals surface area contributed by atoms with Gasteiger partial charge in [-0.05, 0) is 0 Å². The molecule has 0 aliphatic rings. The fraction of sp³-hybridized carbons (Fsp3) is 0.500. The summed E-state index contributed by atoms with van der Waals surface area (Å²) in [7, 11) is -4.33. The third-order valence-corrected chi connectivity index (χ3v) is 1.26. The standard InChI is InChI=1S/C2H8N3O5P/c3-2(4)5-10-11(7,8)9-1-6/h6H,1H2,(H,7,8)(H4,3,4,5). The zero-order valence-corrected chi connectivity index (χ0v) is 6.25. The first-order valence-corrected chi connectivity index (χ1v) is 3.84. The van der Waals surface area contributed by atoms with Gasteiger partial charge in [-0.15, -0.1) is 0 Å². The summed E-state index contributed by atoms with van der Waals surface area (Å²) in [5, 5.41) is 14.5. The largest absolute Gasteiger partial charge is 0.495 e. The summed E-state index contributed by atoms with van der Waals surface area (Å²) in [6.07, 6.45) is 0. The lowest BCUT2D eigenvalue weighted by atomic mass is 11.1. The second-order valence-corrected chi connectivity index (χ2v) is 2.71. The van der Waals surface area contributed by atoms with Crippen LogP contribution in [0.4, 0.5) is 0 Å². The van der Waals surface area contributed by atoms with E-state index in [9.17, 15) is 4.57 Å². The lowest BCUT2D eigenvalue weighted by Crippen LogP contribution is -2.29. The SMILES string of the molecule is N=C(N)NOP(=O)(O)OCO. The fourth-order valence-corrected chi connectivity index (χ4v) is 0.619. The zero-order chi connectivity index (χ0) is 8.91. The predicted molar refractivity (Wildman–Crippen MR) is 34.1 cm³/mol. The van der Waals surface area contributed by atoms with E-state index < -0.39 is 20.6 Å². The molecular formula is C2H8N3O5P. The number of hydrogen-bond acceptors (Lipinski definition) is 5. The van der Waals surface area contributed by atoms with Crippen LogP contribution in [0.2, 0.25) is 0 Å². The first-order valence-electron chi connectivity index (χ1n) is 2.35. The van der Waals surface area contributed by atoms with Gasteiger partial charge in [0.15, 0.2) is 6.79 Å². The van der Waals surface area contributed by atoms with Gasteiger partial charge >= 0.3 is 7.82 Å². The number of phosphoric acid groups is 1. The Labute approximate surface area is 62.0 Å². The third kappa shape index (κ3) is 5.77. The van der Waals surface area contributed by atoms with E-state index in [0.717, 1.165) is 0 Å². The number of phosphoric ester groups is 1. The van der Waals surface area contributed by atoms with E-state index in [1.807, 2.05) is 0 Å². The van der Waals surface area contributed by atoms with E-state index >= 15 is 0 Å². The van der Waals surface area contributed by atoms with Gasteiger partial charge in [-0.1, -0.05) is 0 Å². The topological polar surface area (TPSA) is 138 Å². The number of guanidine groups is 1. The fourth-order valence-electron chi connectivity index (χ4n) is 0.206. The van der Waals surface area contributed by atoms with Crippen molar-refractivity contribution in [3.63, 3.8) is 0 Å². The van der Waals surface area contributed by atoms with Crippen molar-refractivity contribution in [2.45, 2.75) is 0 Å². The first-order chi connectivity index (χ1) is 4.98. The van der Waals surface area contributed by atoms with Crippen molar-refractivity contribution in [3.05, 3.63) is 0 Å². The van der Waals surface area contributed by atoms with Crippen LogP contribution in [0.25, 0.3) is 0 Å². The molecular weight excluding hydrogens is 177 g/mol. The van der Waals surface area contributed by atoms with Crippen molar-refractivity contribution in [2.75, 3.05) is 6.79 Å². The second-order valence-electron chi connectivity index (χ2n) is 1.33. The van der Waals surface area contributed by atoms with E-state index in [2.05, 4.69) is 9.15 Å². The number of nitrogens with two attached hydrogens (primary N) is 1. The number of hydrogen-bond donors (Lipinski definition) is 5. The molecule has 0 fully saturated rings. The van der Waals surface area contributed by atoms with Crippen molar-refractivity contribution >= 4 is 13.8 Å². The highest BCUT2D eigenvalue weighted by Crippen LogP contribution is 2.41. The highest BCUT2D eigenvalue weighted by atomic mass is 31.2. The summed E-state index contributed by atoms with van der Waals surface area (Å²) < 4.78 is 18.1. The van der Waals surface area contributed by atoms with E-state index in [-0.39, 0.29) is 0 Å². The van der Waals surface area contributed by atoms with Gasteiger partial charge in [-0.25, -0.2) is 10.0 Å². The number of aliphatic hydroxyl groups excluding tert-OH is 1. The molecule has 6 N–H and O–H groups in total. The summed E-state index contributed by atoms with van der Waals surface area (Å²) in [5.74, 6) is -0.652. The minimum Gasteiger partial charge on any atom is -0.370 e. The Morgan fingerprint density at radius 2 is 2.36 bits per heavy atom. The van der Waals surface area contributed by atoms with E-state index in [1.54, 1.807) is 5.48 Å². The molecule has 0 radical (unpaired) electrons. The molecule has 0 aliphatic carbocycles. The van der Waals surface area contributed by atoms with Crippen molar-refractivity contribution in [3.8, 4) is 0 Å². The van der Waals surface area contributed by atoms with Crippen LogP contribution in [0.15, 0.2) is 0 Å². The molecule has 0 rings (SSSR count). The van der Waals surface area contributed by atoms with Gasteiger partial charge in [0.1, 0.15) is 0 Å². The average Bonchev–Trinajstić information content (AvgIpc) is 1.84. The molecule has 0 bridgehead atoms. The van der Waals surface area contributed by atoms with E-state index in [1.165, 1.54) is 0 Å². The molecule has 1 unspecified atom stereocenters. The van der Waals surface area contributed by atoms with Crippen LogP contribution in [0, 0.1) is 5.41 Å². The number of rotatable bonds is 4. The highest BCUT2D eigenvalue weighted by Gasteiger charge is 2.20. The van der Waals surface area contributed by atoms with Gasteiger partial charge in [0.2, 0.25) is 5.96 Å². The Bertz CT molecular complexity index is 183. The normalized spacial score (nSPS) is 15.5. The smallest absolute Gasteiger partial charge is 0.370 e. The molecule has 0 heterocycles. The monoisotopic (exact) mass is 185 g/mol. The maximum atomic E-state index is 10.5. The maximum absolute atomic E-state index is 10.5. The molecule has 11 heavy (non-hydrogen) atoms. The lowest BCUT2D eigenvalue weighted by Gasteiger charge is -2.09. The van der Waals surface area contributed by atoms with Gasteiger partial charge in [0.05, 0.1) is 0 Å². The molecule has 8 nitrogen and oxygen atoms in total. The summed E-state index contributed by atoms with van der Waals surface area (Å²) in [5.41, 5.74) is 6.28. The van der Waals surface area contributed by atoms with Crippen molar-refractivity contribution < 1.29 is 23.7 Å². The predicted octanol–water partition coefficient (Wildman–Crippen LogP) is -1.53. The Kier molecular flexibility index (Phi) is 4.01. The van der Waals surface area contributed by atoms with E-state index in [4.69, 9.17) is 21.1 Å². The number of aliphatic hydroxyl groups is 1. The average molecular weight is 185 g/mol.